The van der Waals surface area contributed by atoms with Gasteiger partial charge in [-0.2, -0.15) is 0 Å². The van der Waals surface area contributed by atoms with Crippen LogP contribution in [-0.2, 0) is 22.7 Å². The summed E-state index contributed by atoms with van der Waals surface area (Å²) in [5.74, 6) is 1.07. The van der Waals surface area contributed by atoms with Gasteiger partial charge in [0.05, 0.1) is 26.7 Å². The van der Waals surface area contributed by atoms with E-state index in [0.717, 1.165) is 57.6 Å². The van der Waals surface area contributed by atoms with E-state index in [1.165, 1.54) is 5.56 Å². The smallest absolute Gasteiger partial charge is 0.251 e. The first kappa shape index (κ1) is 29.5. The van der Waals surface area contributed by atoms with E-state index >= 15 is 0 Å². The van der Waals surface area contributed by atoms with Gasteiger partial charge in [0.1, 0.15) is 18.1 Å². The Bertz CT molecular complexity index is 1370. The lowest BCUT2D eigenvalue weighted by atomic mass is 9.91. The van der Waals surface area contributed by atoms with Gasteiger partial charge in [0.25, 0.3) is 5.91 Å². The highest BCUT2D eigenvalue weighted by atomic mass is 35.5. The summed E-state index contributed by atoms with van der Waals surface area (Å²) in [5.41, 5.74) is 12.6. The van der Waals surface area contributed by atoms with Crippen molar-refractivity contribution in [3.05, 3.63) is 89.0 Å². The quantitative estimate of drug-likeness (QED) is 0.436. The number of amides is 1. The average molecular weight is 560 g/mol. The van der Waals surface area contributed by atoms with Crippen LogP contribution < -0.4 is 28.2 Å². The van der Waals surface area contributed by atoms with E-state index in [9.17, 15) is 9.59 Å². The van der Waals surface area contributed by atoms with Gasteiger partial charge in [0.2, 0.25) is 0 Å². The van der Waals surface area contributed by atoms with Crippen molar-refractivity contribution in [2.45, 2.75) is 51.2 Å². The first-order chi connectivity index (χ1) is 18.8. The minimum absolute atomic E-state index is 0. The molecule has 1 aliphatic carbocycles. The Morgan fingerprint density at radius 3 is 2.25 bits per heavy atom. The molecule has 1 saturated carbocycles. The number of nitrogens with two attached hydrogens (primary N) is 1. The predicted molar refractivity (Wildman–Crippen MR) is 156 cm³/mol. The summed E-state index contributed by atoms with van der Waals surface area (Å²) in [7, 11) is 4.49. The Labute approximate surface area is 243 Å². The number of anilines is 1. The molecule has 40 heavy (non-hydrogen) atoms. The minimum Gasteiger partial charge on any atom is -1.00 e. The minimum atomic E-state index is -0.111. The average Bonchev–Trinajstić information content (AvgIpc) is 3.16. The van der Waals surface area contributed by atoms with E-state index in [4.69, 9.17) is 10.5 Å². The van der Waals surface area contributed by atoms with Crippen molar-refractivity contribution in [3.63, 3.8) is 0 Å². The highest BCUT2D eigenvalue weighted by Crippen LogP contribution is 2.32. The second kappa shape index (κ2) is 12.8. The van der Waals surface area contributed by atoms with Crippen molar-refractivity contribution in [2.24, 2.45) is 5.73 Å². The third kappa shape index (κ3) is 7.00. The third-order valence-corrected chi connectivity index (χ3v) is 8.09. The number of ether oxygens (including phenoxy) is 1. The van der Waals surface area contributed by atoms with Crippen LogP contribution in [0.2, 0.25) is 0 Å². The molecular weight excluding hydrogens is 522 g/mol. The molecule has 0 atom stereocenters. The first-order valence-electron chi connectivity index (χ1n) is 13.8. The summed E-state index contributed by atoms with van der Waals surface area (Å²) in [6, 6.07) is 22.9. The largest absolute Gasteiger partial charge is 1.00 e. The number of carbonyl (C=O) groups is 2. The maximum Gasteiger partial charge on any atom is 0.251 e. The highest BCUT2D eigenvalue weighted by molar-refractivity contribution is 6.07. The van der Waals surface area contributed by atoms with Gasteiger partial charge in [-0.15, -0.1) is 0 Å². The van der Waals surface area contributed by atoms with Gasteiger partial charge in [-0.3, -0.25) is 9.59 Å². The molecule has 3 aromatic carbocycles. The van der Waals surface area contributed by atoms with Crippen LogP contribution in [0, 0.1) is 0 Å². The molecule has 0 bridgehead atoms. The number of nitrogens with one attached hydrogen (secondary N) is 1. The summed E-state index contributed by atoms with van der Waals surface area (Å²) in [4.78, 5) is 24.9. The van der Waals surface area contributed by atoms with Crippen molar-refractivity contribution in [1.29, 1.82) is 0 Å². The summed E-state index contributed by atoms with van der Waals surface area (Å²) >= 11 is 0. The van der Waals surface area contributed by atoms with Gasteiger partial charge < -0.3 is 32.7 Å². The number of hydrogen-bond donors (Lipinski definition) is 2. The van der Waals surface area contributed by atoms with E-state index in [0.29, 0.717) is 49.8 Å². The molecule has 0 spiro atoms. The maximum absolute atomic E-state index is 13.2. The van der Waals surface area contributed by atoms with Gasteiger partial charge >= 0.3 is 0 Å². The molecule has 0 unspecified atom stereocenters. The molecular formula is C33H38ClN3O3. The Morgan fingerprint density at radius 1 is 0.925 bits per heavy atom. The molecule has 2 aliphatic rings. The summed E-state index contributed by atoms with van der Waals surface area (Å²) in [6.45, 7) is 1.86. The maximum atomic E-state index is 13.2. The van der Waals surface area contributed by atoms with E-state index in [1.54, 1.807) is 0 Å². The van der Waals surface area contributed by atoms with Crippen molar-refractivity contribution >= 4 is 23.5 Å². The second-order valence-corrected chi connectivity index (χ2v) is 11.3. The molecule has 6 nitrogen and oxygen atoms in total. The van der Waals surface area contributed by atoms with Gasteiger partial charge in [-0.05, 0) is 47.0 Å². The molecule has 1 aliphatic heterocycles. The normalized spacial score (nSPS) is 15.7. The van der Waals surface area contributed by atoms with Crippen molar-refractivity contribution < 1.29 is 31.2 Å². The molecule has 0 radical (unpaired) electrons. The second-order valence-electron chi connectivity index (χ2n) is 11.3. The zero-order chi connectivity index (χ0) is 27.4. The number of hydrogen-bond acceptors (Lipinski definition) is 4. The molecule has 7 heteroatoms. The summed E-state index contributed by atoms with van der Waals surface area (Å²) in [5, 5.41) is 3.07. The highest BCUT2D eigenvalue weighted by Gasteiger charge is 2.32. The SMILES string of the molecule is C[N+](C)(Cc1ccc(NC(=O)C2=Cc3cc(-c4ccc(CN)cc4)ccc3OCC2)cc1)C1CCC(=O)CC1.[Cl-]. The monoisotopic (exact) mass is 559 g/mol. The lowest BCUT2D eigenvalue weighted by molar-refractivity contribution is -0.928. The van der Waals surface area contributed by atoms with Crippen molar-refractivity contribution in [2.75, 3.05) is 26.0 Å². The topological polar surface area (TPSA) is 81.4 Å². The molecule has 210 valence electrons. The molecule has 0 saturated heterocycles. The van der Waals surface area contributed by atoms with E-state index < -0.39 is 0 Å². The van der Waals surface area contributed by atoms with Gasteiger partial charge in [-0.1, -0.05) is 42.5 Å². The number of Topliss-reactive ketones (excluding diaryl/α,β-unsaturated/α-hetero) is 1. The van der Waals surface area contributed by atoms with Crippen molar-refractivity contribution in [1.82, 2.24) is 0 Å². The van der Waals surface area contributed by atoms with Crippen LogP contribution in [0.25, 0.3) is 17.2 Å². The van der Waals surface area contributed by atoms with Crippen molar-refractivity contribution in [3.8, 4) is 16.9 Å². The lowest BCUT2D eigenvalue weighted by Gasteiger charge is -2.40. The number of fused-ring (bicyclic) bond motifs is 1. The predicted octanol–water partition coefficient (Wildman–Crippen LogP) is 2.71. The molecule has 1 fully saturated rings. The first-order valence-corrected chi connectivity index (χ1v) is 13.8. The summed E-state index contributed by atoms with van der Waals surface area (Å²) < 4.78 is 6.82. The molecule has 5 rings (SSSR count). The van der Waals surface area contributed by atoms with Gasteiger partial charge in [0, 0.05) is 61.0 Å². The fourth-order valence-electron chi connectivity index (χ4n) is 5.64. The number of benzene rings is 3. The van der Waals surface area contributed by atoms with Crippen LogP contribution >= 0.6 is 0 Å². The van der Waals surface area contributed by atoms with Crippen LogP contribution in [0.3, 0.4) is 0 Å². The number of quaternary nitrogens is 1. The van der Waals surface area contributed by atoms with Crippen LogP contribution in [0.4, 0.5) is 5.69 Å². The van der Waals surface area contributed by atoms with Crippen LogP contribution in [-0.4, -0.2) is 42.9 Å². The number of halogens is 1. The zero-order valence-electron chi connectivity index (χ0n) is 23.3. The molecule has 1 amide bonds. The molecule has 3 aromatic rings. The number of nitrogens with zero attached hydrogens (tertiary/aromatic N) is 1. The van der Waals surface area contributed by atoms with Crippen LogP contribution in [0.15, 0.2) is 72.3 Å². The van der Waals surface area contributed by atoms with Crippen LogP contribution in [0.1, 0.15) is 48.8 Å². The standard InChI is InChI=1S/C33H37N3O3.ClH/c1-36(2,30-12-14-31(37)15-13-30)22-24-5-10-29(11-6-24)35-33(38)27-17-18-39-32-16-9-26(19-28(32)20-27)25-7-3-23(21-34)4-8-25;/h3-11,16,19-20,30H,12-15,17-18,21-22,34H2,1-2H3;1H. The fourth-order valence-corrected chi connectivity index (χ4v) is 5.64. The van der Waals surface area contributed by atoms with Crippen LogP contribution in [0.5, 0.6) is 5.75 Å². The molecule has 1 heterocycles. The summed E-state index contributed by atoms with van der Waals surface area (Å²) in [6.07, 6.45) is 5.80. The van der Waals surface area contributed by atoms with Gasteiger partial charge in [0.15, 0.2) is 0 Å². The van der Waals surface area contributed by atoms with Gasteiger partial charge in [-0.25, -0.2) is 0 Å². The third-order valence-electron chi connectivity index (χ3n) is 8.09. The number of rotatable bonds is 7. The Kier molecular flexibility index (Phi) is 9.46. The lowest BCUT2D eigenvalue weighted by Crippen LogP contribution is -3.00. The fraction of sp³-hybridized carbons (Fsp3) is 0.333. The number of ketones is 1. The zero-order valence-corrected chi connectivity index (χ0v) is 24.0. The van der Waals surface area contributed by atoms with E-state index in [1.807, 2.05) is 42.5 Å². The van der Waals surface area contributed by atoms with E-state index in [-0.39, 0.29) is 18.3 Å². The number of carbonyl (C=O) groups excluding carboxylic acids is 2. The molecule has 3 N–H and O–H groups in total. The van der Waals surface area contributed by atoms with E-state index in [2.05, 4.69) is 49.7 Å². The Morgan fingerprint density at radius 2 is 1.57 bits per heavy atom. The Hall–Kier alpha value is -3.45. The Balaban J connectivity index is 0.00000370. The molecule has 0 aromatic heterocycles.